The molecule has 0 spiro atoms. The minimum Gasteiger partial charge on any atom is -0.325 e. The second kappa shape index (κ2) is 3.92. The monoisotopic (exact) mass is 181 g/mol. The van der Waals surface area contributed by atoms with Gasteiger partial charge >= 0.3 is 0 Å². The Balaban J connectivity index is 2.63. The predicted molar refractivity (Wildman–Crippen MR) is 54.5 cm³/mol. The van der Waals surface area contributed by atoms with Crippen LogP contribution in [0.2, 0.25) is 0 Å². The largest absolute Gasteiger partial charge is 0.325 e. The Morgan fingerprint density at radius 2 is 2.23 bits per heavy atom. The lowest BCUT2D eigenvalue weighted by Gasteiger charge is -2.21. The first-order chi connectivity index (χ1) is 6.07. The molecule has 3 nitrogen and oxygen atoms in total. The van der Waals surface area contributed by atoms with Gasteiger partial charge in [-0.2, -0.15) is 5.10 Å². The zero-order chi connectivity index (χ0) is 9.90. The summed E-state index contributed by atoms with van der Waals surface area (Å²) in [7, 11) is 0. The van der Waals surface area contributed by atoms with E-state index in [0.29, 0.717) is 0 Å². The molecule has 0 radical (unpaired) electrons. The van der Waals surface area contributed by atoms with Crippen LogP contribution in [0.5, 0.6) is 0 Å². The van der Waals surface area contributed by atoms with E-state index in [9.17, 15) is 0 Å². The van der Waals surface area contributed by atoms with Crippen LogP contribution in [0.3, 0.4) is 0 Å². The van der Waals surface area contributed by atoms with Gasteiger partial charge in [0.15, 0.2) is 0 Å². The summed E-state index contributed by atoms with van der Waals surface area (Å²) in [6.45, 7) is 7.20. The molecule has 0 saturated heterocycles. The Morgan fingerprint density at radius 3 is 2.69 bits per heavy atom. The average molecular weight is 181 g/mol. The third kappa shape index (κ3) is 2.84. The highest BCUT2D eigenvalue weighted by molar-refractivity contribution is 5.08. The van der Waals surface area contributed by atoms with Crippen molar-refractivity contribution >= 4 is 0 Å². The molecule has 1 heterocycles. The number of nitrogens with two attached hydrogens (primary N) is 1. The molecular formula is C10H19N3. The van der Waals surface area contributed by atoms with Crippen LogP contribution < -0.4 is 5.73 Å². The molecule has 1 unspecified atom stereocenters. The van der Waals surface area contributed by atoms with Crippen LogP contribution in [0.4, 0.5) is 0 Å². The molecule has 0 aliphatic heterocycles. The molecule has 0 aliphatic carbocycles. The van der Waals surface area contributed by atoms with E-state index in [4.69, 9.17) is 5.73 Å². The van der Waals surface area contributed by atoms with Gasteiger partial charge in [-0.05, 0) is 32.3 Å². The van der Waals surface area contributed by atoms with Gasteiger partial charge in [0.25, 0.3) is 0 Å². The first kappa shape index (κ1) is 10.3. The zero-order valence-electron chi connectivity index (χ0n) is 8.75. The fourth-order valence-corrected chi connectivity index (χ4v) is 1.26. The van der Waals surface area contributed by atoms with Crippen molar-refractivity contribution in [3.63, 3.8) is 0 Å². The van der Waals surface area contributed by atoms with Gasteiger partial charge in [-0.25, -0.2) is 0 Å². The van der Waals surface area contributed by atoms with E-state index in [-0.39, 0.29) is 5.54 Å². The highest BCUT2D eigenvalue weighted by Gasteiger charge is 2.16. The van der Waals surface area contributed by atoms with Crippen molar-refractivity contribution < 1.29 is 0 Å². The second-order valence-electron chi connectivity index (χ2n) is 3.89. The summed E-state index contributed by atoms with van der Waals surface area (Å²) in [4.78, 5) is 0. The fraction of sp³-hybridized carbons (Fsp3) is 0.700. The Kier molecular flexibility index (Phi) is 3.09. The molecule has 3 heteroatoms. The molecule has 1 atom stereocenters. The van der Waals surface area contributed by atoms with Gasteiger partial charge in [0.2, 0.25) is 0 Å². The Bertz CT molecular complexity index is 263. The van der Waals surface area contributed by atoms with Gasteiger partial charge in [0, 0.05) is 18.3 Å². The Morgan fingerprint density at radius 1 is 1.54 bits per heavy atom. The lowest BCUT2D eigenvalue weighted by molar-refractivity contribution is 0.449. The summed E-state index contributed by atoms with van der Waals surface area (Å²) in [5, 5.41) is 4.21. The van der Waals surface area contributed by atoms with Crippen molar-refractivity contribution in [2.75, 3.05) is 0 Å². The molecule has 1 aromatic heterocycles. The van der Waals surface area contributed by atoms with Gasteiger partial charge < -0.3 is 5.73 Å². The van der Waals surface area contributed by atoms with E-state index in [1.165, 1.54) is 5.56 Å². The van der Waals surface area contributed by atoms with Crippen LogP contribution in [-0.4, -0.2) is 15.3 Å². The highest BCUT2D eigenvalue weighted by Crippen LogP contribution is 2.12. The molecule has 0 aliphatic rings. The number of aromatic nitrogens is 2. The second-order valence-corrected chi connectivity index (χ2v) is 3.89. The van der Waals surface area contributed by atoms with Crippen LogP contribution in [0.1, 0.15) is 32.8 Å². The topological polar surface area (TPSA) is 43.8 Å². The van der Waals surface area contributed by atoms with E-state index in [1.54, 1.807) is 0 Å². The SMILES string of the molecule is CCn1cc(CC(C)(N)CC)cn1. The van der Waals surface area contributed by atoms with Crippen LogP contribution in [0.15, 0.2) is 12.4 Å². The molecule has 13 heavy (non-hydrogen) atoms. The maximum absolute atomic E-state index is 6.06. The minimum atomic E-state index is -0.0956. The van der Waals surface area contributed by atoms with Gasteiger partial charge in [-0.3, -0.25) is 4.68 Å². The van der Waals surface area contributed by atoms with Crippen molar-refractivity contribution in [1.82, 2.24) is 9.78 Å². The van der Waals surface area contributed by atoms with Crippen molar-refractivity contribution in [2.24, 2.45) is 5.73 Å². The van der Waals surface area contributed by atoms with Crippen LogP contribution in [0, 0.1) is 0 Å². The summed E-state index contributed by atoms with van der Waals surface area (Å²) in [6.07, 6.45) is 5.87. The standard InChI is InChI=1S/C10H19N3/c1-4-10(3,11)6-9-7-12-13(5-2)8-9/h7-8H,4-6,11H2,1-3H3. The highest BCUT2D eigenvalue weighted by atomic mass is 15.3. The molecule has 0 saturated carbocycles. The fourth-order valence-electron chi connectivity index (χ4n) is 1.26. The first-order valence-corrected chi connectivity index (χ1v) is 4.87. The summed E-state index contributed by atoms with van der Waals surface area (Å²) in [5.74, 6) is 0. The summed E-state index contributed by atoms with van der Waals surface area (Å²) < 4.78 is 1.93. The number of nitrogens with zero attached hydrogens (tertiary/aromatic N) is 2. The van der Waals surface area contributed by atoms with Crippen molar-refractivity contribution in [3.05, 3.63) is 18.0 Å². The molecule has 0 bridgehead atoms. The maximum atomic E-state index is 6.06. The molecule has 74 valence electrons. The van der Waals surface area contributed by atoms with Crippen molar-refractivity contribution in [1.29, 1.82) is 0 Å². The molecule has 0 amide bonds. The van der Waals surface area contributed by atoms with E-state index >= 15 is 0 Å². The predicted octanol–water partition coefficient (Wildman–Crippen LogP) is 1.57. The molecule has 1 rings (SSSR count). The average Bonchev–Trinajstić information content (AvgIpc) is 2.52. The summed E-state index contributed by atoms with van der Waals surface area (Å²) >= 11 is 0. The Hall–Kier alpha value is -0.830. The molecule has 1 aromatic rings. The first-order valence-electron chi connectivity index (χ1n) is 4.87. The van der Waals surface area contributed by atoms with E-state index in [2.05, 4.69) is 32.1 Å². The van der Waals surface area contributed by atoms with E-state index in [1.807, 2.05) is 10.9 Å². The number of hydrogen-bond acceptors (Lipinski definition) is 2. The molecular weight excluding hydrogens is 162 g/mol. The Labute approximate surface area is 79.9 Å². The zero-order valence-corrected chi connectivity index (χ0v) is 8.75. The number of aryl methyl sites for hydroxylation is 1. The number of rotatable bonds is 4. The van der Waals surface area contributed by atoms with Crippen molar-refractivity contribution in [3.8, 4) is 0 Å². The lowest BCUT2D eigenvalue weighted by atomic mass is 9.93. The van der Waals surface area contributed by atoms with Crippen LogP contribution >= 0.6 is 0 Å². The minimum absolute atomic E-state index is 0.0956. The number of hydrogen-bond donors (Lipinski definition) is 1. The van der Waals surface area contributed by atoms with Crippen molar-refractivity contribution in [2.45, 2.75) is 45.7 Å². The quantitative estimate of drug-likeness (QED) is 0.766. The van der Waals surface area contributed by atoms with Crippen LogP contribution in [-0.2, 0) is 13.0 Å². The third-order valence-electron chi connectivity index (χ3n) is 2.43. The van der Waals surface area contributed by atoms with E-state index in [0.717, 1.165) is 19.4 Å². The molecule has 0 fully saturated rings. The van der Waals surface area contributed by atoms with Gasteiger partial charge in [-0.1, -0.05) is 6.92 Å². The van der Waals surface area contributed by atoms with Crippen LogP contribution in [0.25, 0.3) is 0 Å². The molecule has 2 N–H and O–H groups in total. The summed E-state index contributed by atoms with van der Waals surface area (Å²) in [6, 6.07) is 0. The van der Waals surface area contributed by atoms with Gasteiger partial charge in [0.05, 0.1) is 6.20 Å². The van der Waals surface area contributed by atoms with E-state index < -0.39 is 0 Å². The summed E-state index contributed by atoms with van der Waals surface area (Å²) in [5.41, 5.74) is 7.20. The maximum Gasteiger partial charge on any atom is 0.0522 e. The lowest BCUT2D eigenvalue weighted by Crippen LogP contribution is -2.37. The third-order valence-corrected chi connectivity index (χ3v) is 2.43. The smallest absolute Gasteiger partial charge is 0.0522 e. The molecule has 0 aromatic carbocycles. The van der Waals surface area contributed by atoms with Gasteiger partial charge in [-0.15, -0.1) is 0 Å². The normalized spacial score (nSPS) is 15.7. The van der Waals surface area contributed by atoms with Gasteiger partial charge in [0.1, 0.15) is 0 Å².